The summed E-state index contributed by atoms with van der Waals surface area (Å²) >= 11 is 5.94. The summed E-state index contributed by atoms with van der Waals surface area (Å²) in [4.78, 5) is 12.7. The topological polar surface area (TPSA) is 66.5 Å². The van der Waals surface area contributed by atoms with E-state index in [1.54, 1.807) is 18.2 Å². The minimum absolute atomic E-state index is 0.113. The summed E-state index contributed by atoms with van der Waals surface area (Å²) in [5.74, 6) is -0.170. The quantitative estimate of drug-likeness (QED) is 0.817. The van der Waals surface area contributed by atoms with Crippen LogP contribution >= 0.6 is 11.6 Å². The first kappa shape index (κ1) is 19.7. The van der Waals surface area contributed by atoms with Gasteiger partial charge in [-0.15, -0.1) is 0 Å². The monoisotopic (exact) mass is 406 g/mol. The van der Waals surface area contributed by atoms with E-state index in [0.29, 0.717) is 22.8 Å². The van der Waals surface area contributed by atoms with Crippen LogP contribution < -0.4 is 9.62 Å². The molecule has 1 aliphatic heterocycles. The van der Waals surface area contributed by atoms with Crippen molar-refractivity contribution in [2.24, 2.45) is 0 Å². The molecule has 0 bridgehead atoms. The Labute approximate surface area is 165 Å². The Kier molecular flexibility index (Phi) is 5.77. The van der Waals surface area contributed by atoms with Gasteiger partial charge in [-0.3, -0.25) is 9.10 Å². The number of hydrogen-bond donors (Lipinski definition) is 1. The molecule has 27 heavy (non-hydrogen) atoms. The molecular formula is C20H23ClN2O3S. The molecule has 0 aromatic heterocycles. The van der Waals surface area contributed by atoms with E-state index in [1.165, 1.54) is 10.6 Å². The third-order valence-corrected chi connectivity index (χ3v) is 6.24. The number of nitrogens with zero attached hydrogens (tertiary/aromatic N) is 1. The van der Waals surface area contributed by atoms with Gasteiger partial charge in [0.05, 0.1) is 18.0 Å². The molecule has 0 spiro atoms. The predicted octanol–water partition coefficient (Wildman–Crippen LogP) is 3.93. The van der Waals surface area contributed by atoms with Gasteiger partial charge in [-0.1, -0.05) is 30.7 Å². The molecule has 144 valence electrons. The molecule has 0 aliphatic carbocycles. The number of carbonyl (C=O) groups is 1. The van der Waals surface area contributed by atoms with Crippen LogP contribution in [0.15, 0.2) is 42.5 Å². The van der Waals surface area contributed by atoms with E-state index in [1.807, 2.05) is 31.2 Å². The molecule has 0 fully saturated rings. The smallest absolute Gasteiger partial charge is 0.251 e. The highest BCUT2D eigenvalue weighted by atomic mass is 35.5. The van der Waals surface area contributed by atoms with E-state index in [-0.39, 0.29) is 11.9 Å². The van der Waals surface area contributed by atoms with Gasteiger partial charge in [0.2, 0.25) is 10.0 Å². The van der Waals surface area contributed by atoms with E-state index in [0.717, 1.165) is 30.4 Å². The van der Waals surface area contributed by atoms with Gasteiger partial charge in [-0.25, -0.2) is 8.42 Å². The normalized spacial score (nSPS) is 15.1. The first-order chi connectivity index (χ1) is 12.8. The predicted molar refractivity (Wildman–Crippen MR) is 109 cm³/mol. The number of nitrogens with one attached hydrogen (secondary N) is 1. The second-order valence-corrected chi connectivity index (χ2v) is 9.11. The van der Waals surface area contributed by atoms with Crippen molar-refractivity contribution in [3.8, 4) is 0 Å². The van der Waals surface area contributed by atoms with E-state index >= 15 is 0 Å². The van der Waals surface area contributed by atoms with Crippen molar-refractivity contribution in [3.05, 3.63) is 64.2 Å². The average molecular weight is 407 g/mol. The molecule has 3 rings (SSSR count). The molecule has 5 nitrogen and oxygen atoms in total. The number of amides is 1. The lowest BCUT2D eigenvalue weighted by molar-refractivity contribution is 0.0935. The standard InChI is InChI=1S/C20H23ClN2O3S/c1-3-18(14-6-9-17(21)10-7-14)22-20(24)16-8-11-19-15(13-16)5-4-12-23(19)27(2,25)26/h6-11,13,18H,3-5,12H2,1-2H3,(H,22,24). The number of halogens is 1. The number of aryl methyl sites for hydroxylation is 1. The van der Waals surface area contributed by atoms with Crippen LogP contribution in [0.2, 0.25) is 5.02 Å². The molecule has 1 atom stereocenters. The number of rotatable bonds is 5. The fourth-order valence-corrected chi connectivity index (χ4v) is 4.53. The second kappa shape index (κ2) is 7.90. The maximum atomic E-state index is 12.7. The average Bonchev–Trinajstić information content (AvgIpc) is 2.65. The van der Waals surface area contributed by atoms with Gasteiger partial charge in [-0.2, -0.15) is 0 Å². The zero-order chi connectivity index (χ0) is 19.6. The highest BCUT2D eigenvalue weighted by Gasteiger charge is 2.25. The van der Waals surface area contributed by atoms with Crippen molar-refractivity contribution >= 4 is 33.2 Å². The van der Waals surface area contributed by atoms with Crippen LogP contribution in [0, 0.1) is 0 Å². The van der Waals surface area contributed by atoms with Crippen LogP contribution in [0.3, 0.4) is 0 Å². The molecule has 7 heteroatoms. The summed E-state index contributed by atoms with van der Waals surface area (Å²) in [7, 11) is -3.31. The molecule has 0 saturated carbocycles. The molecule has 1 amide bonds. The number of hydrogen-bond acceptors (Lipinski definition) is 3. The van der Waals surface area contributed by atoms with Crippen LogP contribution in [0.25, 0.3) is 0 Å². The molecule has 0 radical (unpaired) electrons. The number of sulfonamides is 1. The Morgan fingerprint density at radius 3 is 2.56 bits per heavy atom. The minimum atomic E-state index is -3.31. The summed E-state index contributed by atoms with van der Waals surface area (Å²) in [5.41, 5.74) is 3.09. The molecule has 1 unspecified atom stereocenters. The van der Waals surface area contributed by atoms with Crippen LogP contribution in [0.1, 0.15) is 47.3 Å². The zero-order valence-electron chi connectivity index (χ0n) is 15.4. The van der Waals surface area contributed by atoms with Crippen molar-refractivity contribution in [1.82, 2.24) is 5.32 Å². The van der Waals surface area contributed by atoms with E-state index < -0.39 is 10.0 Å². The highest BCUT2D eigenvalue weighted by Crippen LogP contribution is 2.30. The molecule has 1 aliphatic rings. The third kappa shape index (κ3) is 4.45. The summed E-state index contributed by atoms with van der Waals surface area (Å²) in [6.45, 7) is 2.49. The van der Waals surface area contributed by atoms with Gasteiger partial charge in [0, 0.05) is 17.1 Å². The second-order valence-electron chi connectivity index (χ2n) is 6.77. The maximum Gasteiger partial charge on any atom is 0.251 e. The first-order valence-electron chi connectivity index (χ1n) is 8.96. The first-order valence-corrected chi connectivity index (χ1v) is 11.2. The van der Waals surface area contributed by atoms with Crippen molar-refractivity contribution in [2.45, 2.75) is 32.2 Å². The Morgan fingerprint density at radius 2 is 1.93 bits per heavy atom. The number of benzene rings is 2. The van der Waals surface area contributed by atoms with Crippen molar-refractivity contribution in [3.63, 3.8) is 0 Å². The molecule has 2 aromatic carbocycles. The largest absolute Gasteiger partial charge is 0.345 e. The number of carbonyl (C=O) groups excluding carboxylic acids is 1. The molecule has 1 N–H and O–H groups in total. The van der Waals surface area contributed by atoms with Gasteiger partial charge in [0.25, 0.3) is 5.91 Å². The lowest BCUT2D eigenvalue weighted by Crippen LogP contribution is -2.35. The fourth-order valence-electron chi connectivity index (χ4n) is 3.41. The van der Waals surface area contributed by atoms with Crippen molar-refractivity contribution in [2.75, 3.05) is 17.1 Å². The SMILES string of the molecule is CCC(NC(=O)c1ccc2c(c1)CCCN2S(C)(=O)=O)c1ccc(Cl)cc1. The van der Waals surface area contributed by atoms with Gasteiger partial charge in [-0.05, 0) is 60.7 Å². The van der Waals surface area contributed by atoms with Gasteiger partial charge < -0.3 is 5.32 Å². The molecule has 0 saturated heterocycles. The van der Waals surface area contributed by atoms with Gasteiger partial charge >= 0.3 is 0 Å². The Balaban J connectivity index is 1.82. The van der Waals surface area contributed by atoms with Gasteiger partial charge in [0.1, 0.15) is 0 Å². The highest BCUT2D eigenvalue weighted by molar-refractivity contribution is 7.92. The summed E-state index contributed by atoms with van der Waals surface area (Å²) in [6.07, 6.45) is 3.46. The Morgan fingerprint density at radius 1 is 1.22 bits per heavy atom. The van der Waals surface area contributed by atoms with Crippen LogP contribution in [0.4, 0.5) is 5.69 Å². The van der Waals surface area contributed by atoms with E-state index in [4.69, 9.17) is 11.6 Å². The van der Waals surface area contributed by atoms with Crippen LogP contribution in [-0.4, -0.2) is 27.1 Å². The molecule has 2 aromatic rings. The number of anilines is 1. The lowest BCUT2D eigenvalue weighted by Gasteiger charge is -2.29. The fraction of sp³-hybridized carbons (Fsp3) is 0.350. The van der Waals surface area contributed by atoms with Crippen LogP contribution in [-0.2, 0) is 16.4 Å². The minimum Gasteiger partial charge on any atom is -0.345 e. The Bertz CT molecular complexity index is 942. The zero-order valence-corrected chi connectivity index (χ0v) is 17.0. The number of fused-ring (bicyclic) bond motifs is 1. The van der Waals surface area contributed by atoms with Crippen molar-refractivity contribution < 1.29 is 13.2 Å². The van der Waals surface area contributed by atoms with E-state index in [2.05, 4.69) is 5.32 Å². The molecular weight excluding hydrogens is 384 g/mol. The van der Waals surface area contributed by atoms with Crippen molar-refractivity contribution in [1.29, 1.82) is 0 Å². The summed E-state index contributed by atoms with van der Waals surface area (Å²) in [6, 6.07) is 12.5. The maximum absolute atomic E-state index is 12.7. The van der Waals surface area contributed by atoms with Crippen LogP contribution in [0.5, 0.6) is 0 Å². The summed E-state index contributed by atoms with van der Waals surface area (Å²) in [5, 5.41) is 3.71. The summed E-state index contributed by atoms with van der Waals surface area (Å²) < 4.78 is 25.4. The Hall–Kier alpha value is -2.05. The van der Waals surface area contributed by atoms with E-state index in [9.17, 15) is 13.2 Å². The van der Waals surface area contributed by atoms with Gasteiger partial charge in [0.15, 0.2) is 0 Å². The lowest BCUT2D eigenvalue weighted by atomic mass is 9.99. The third-order valence-electron chi connectivity index (χ3n) is 4.80. The molecule has 1 heterocycles.